The van der Waals surface area contributed by atoms with Gasteiger partial charge in [0.25, 0.3) is 5.56 Å². The normalized spacial score (nSPS) is 31.7. The van der Waals surface area contributed by atoms with E-state index in [2.05, 4.69) is 30.0 Å². The molecule has 0 bridgehead atoms. The SMILES string of the molecule is Nc1nc2c(ncn2[C@@H]2O[C@H](CO)[C@@H](F)[C@H]2P(O)(=S)OC[C@H]2O[C@@H](c3cnc4c(N)ncnn34)[C@@H](F)[C@@H]2O)c(=O)[nH]1. The van der Waals surface area contributed by atoms with E-state index in [1.165, 1.54) is 10.7 Å². The molecule has 2 fully saturated rings. The number of nitrogens with zero attached hydrogens (tertiary/aromatic N) is 7. The summed E-state index contributed by atoms with van der Waals surface area (Å²) < 4.78 is 50.0. The number of hydrogen-bond acceptors (Lipinski definition) is 14. The highest BCUT2D eigenvalue weighted by Gasteiger charge is 2.54. The van der Waals surface area contributed by atoms with E-state index in [0.717, 1.165) is 17.2 Å². The summed E-state index contributed by atoms with van der Waals surface area (Å²) in [6.45, 7) is -5.61. The van der Waals surface area contributed by atoms with Crippen molar-refractivity contribution in [1.29, 1.82) is 0 Å². The largest absolute Gasteiger partial charge is 0.394 e. The maximum Gasteiger partial charge on any atom is 0.280 e. The Morgan fingerprint density at radius 1 is 1.17 bits per heavy atom. The van der Waals surface area contributed by atoms with Crippen LogP contribution in [0.25, 0.3) is 16.8 Å². The minimum absolute atomic E-state index is 0.0459. The average Bonchev–Trinajstić information content (AvgIpc) is 3.68. The molecule has 17 nitrogen and oxygen atoms in total. The molecule has 4 aromatic heterocycles. The molecule has 0 radical (unpaired) electrons. The molecular formula is C20H23F2N10O7PS. The first kappa shape index (κ1) is 27.9. The molecule has 0 saturated carbocycles. The molecule has 1 unspecified atom stereocenters. The van der Waals surface area contributed by atoms with Gasteiger partial charge in [-0.2, -0.15) is 10.1 Å². The lowest BCUT2D eigenvalue weighted by Gasteiger charge is -2.29. The number of rotatable bonds is 7. The van der Waals surface area contributed by atoms with Crippen molar-refractivity contribution in [2.24, 2.45) is 0 Å². The van der Waals surface area contributed by atoms with Crippen molar-refractivity contribution < 1.29 is 37.9 Å². The average molecular weight is 617 g/mol. The molecule has 6 heterocycles. The number of aromatic amines is 1. The van der Waals surface area contributed by atoms with Crippen molar-refractivity contribution in [3.05, 3.63) is 34.9 Å². The summed E-state index contributed by atoms with van der Waals surface area (Å²) in [5, 5.41) is 24.2. The molecule has 9 atom stereocenters. The molecule has 0 spiro atoms. The molecular weight excluding hydrogens is 593 g/mol. The number of H-pyrrole nitrogens is 1. The van der Waals surface area contributed by atoms with E-state index in [1.54, 1.807) is 0 Å². The molecule has 2 aliphatic heterocycles. The number of nitrogen functional groups attached to an aromatic ring is 2. The van der Waals surface area contributed by atoms with Gasteiger partial charge in [0.15, 0.2) is 41.5 Å². The second-order valence-electron chi connectivity index (χ2n) is 9.41. The van der Waals surface area contributed by atoms with Crippen molar-refractivity contribution in [1.82, 2.24) is 39.1 Å². The van der Waals surface area contributed by atoms with E-state index in [4.69, 9.17) is 37.3 Å². The van der Waals surface area contributed by atoms with Gasteiger partial charge in [-0.1, -0.05) is 0 Å². The van der Waals surface area contributed by atoms with Gasteiger partial charge in [0.05, 0.1) is 31.4 Å². The number of nitrogens with one attached hydrogen (secondary N) is 1. The lowest BCUT2D eigenvalue weighted by Crippen LogP contribution is -2.34. The highest BCUT2D eigenvalue weighted by molar-refractivity contribution is 8.09. The smallest absolute Gasteiger partial charge is 0.280 e. The summed E-state index contributed by atoms with van der Waals surface area (Å²) in [6, 6.07) is 0. The van der Waals surface area contributed by atoms with E-state index in [9.17, 15) is 19.9 Å². The van der Waals surface area contributed by atoms with E-state index in [-0.39, 0.29) is 34.3 Å². The lowest BCUT2D eigenvalue weighted by molar-refractivity contribution is -0.0331. The number of fused-ring (bicyclic) bond motifs is 2. The molecule has 0 amide bonds. The first-order valence-electron chi connectivity index (χ1n) is 12.0. The van der Waals surface area contributed by atoms with Crippen LogP contribution in [0, 0.1) is 0 Å². The van der Waals surface area contributed by atoms with Crippen molar-refractivity contribution in [3.63, 3.8) is 0 Å². The summed E-state index contributed by atoms with van der Waals surface area (Å²) >= 11 is 5.32. The maximum atomic E-state index is 15.5. The Kier molecular flexibility index (Phi) is 6.97. The molecule has 0 aliphatic carbocycles. The molecule has 4 aromatic rings. The van der Waals surface area contributed by atoms with Crippen LogP contribution in [0.2, 0.25) is 0 Å². The number of aliphatic hydroxyl groups is 2. The van der Waals surface area contributed by atoms with Gasteiger partial charge in [0.2, 0.25) is 5.95 Å². The summed E-state index contributed by atoms with van der Waals surface area (Å²) in [6.07, 6.45) is -7.70. The highest BCUT2D eigenvalue weighted by atomic mass is 32.5. The molecule has 21 heteroatoms. The third-order valence-corrected chi connectivity index (χ3v) is 9.82. The number of anilines is 2. The number of aliphatic hydroxyl groups excluding tert-OH is 2. The summed E-state index contributed by atoms with van der Waals surface area (Å²) in [5.74, 6) is -0.207. The van der Waals surface area contributed by atoms with Gasteiger partial charge in [-0.15, -0.1) is 0 Å². The van der Waals surface area contributed by atoms with Crippen LogP contribution in [-0.4, -0.2) is 104 Å². The summed E-state index contributed by atoms with van der Waals surface area (Å²) in [5.41, 5.74) is 9.22. The Labute approximate surface area is 232 Å². The molecule has 2 saturated heterocycles. The monoisotopic (exact) mass is 616 g/mol. The van der Waals surface area contributed by atoms with Crippen LogP contribution in [-0.2, 0) is 25.8 Å². The summed E-state index contributed by atoms with van der Waals surface area (Å²) in [4.78, 5) is 41.6. The van der Waals surface area contributed by atoms with Gasteiger partial charge in [0, 0.05) is 0 Å². The fraction of sp³-hybridized carbons (Fsp3) is 0.500. The molecule has 0 aromatic carbocycles. The Morgan fingerprint density at radius 2 is 1.95 bits per heavy atom. The third-order valence-electron chi connectivity index (χ3n) is 6.96. The van der Waals surface area contributed by atoms with E-state index in [0.29, 0.717) is 0 Å². The minimum Gasteiger partial charge on any atom is -0.394 e. The molecule has 2 aliphatic rings. The van der Waals surface area contributed by atoms with Gasteiger partial charge < -0.3 is 40.6 Å². The van der Waals surface area contributed by atoms with Gasteiger partial charge in [0.1, 0.15) is 42.6 Å². The van der Waals surface area contributed by atoms with E-state index >= 15 is 8.78 Å². The standard InChI is InChI=1S/C20H23F2N10O7PS/c21-9-7(2-33)39-19(31-5-27-11-16(31)29-20(24)30-18(11)35)14(9)40(36,41)37-3-8-12(34)10(22)13(38-8)6-1-25-17-15(23)26-4-28-32(6)17/h1,4-5,7-10,12-14,19,33-34H,2-3H2,(H,36,41)(H2,23,26,28)(H3,24,29,30,35)/t7-,8-,9-,10+,12-,13+,14-,19-,40?/m1/s1. The molecule has 8 N–H and O–H groups in total. The Balaban J connectivity index is 1.25. The Hall–Kier alpha value is -3.23. The van der Waals surface area contributed by atoms with Crippen LogP contribution in [0.5, 0.6) is 0 Å². The predicted molar refractivity (Wildman–Crippen MR) is 138 cm³/mol. The van der Waals surface area contributed by atoms with E-state index < -0.39 is 73.9 Å². The number of ether oxygens (including phenoxy) is 2. The number of halogens is 2. The van der Waals surface area contributed by atoms with Gasteiger partial charge in [-0.3, -0.25) is 14.3 Å². The van der Waals surface area contributed by atoms with Crippen LogP contribution in [0.1, 0.15) is 18.0 Å². The first-order valence-corrected chi connectivity index (χ1v) is 14.8. The number of imidazole rings is 2. The van der Waals surface area contributed by atoms with Crippen molar-refractivity contribution >= 4 is 46.9 Å². The molecule has 41 heavy (non-hydrogen) atoms. The van der Waals surface area contributed by atoms with Crippen molar-refractivity contribution in [2.75, 3.05) is 24.7 Å². The van der Waals surface area contributed by atoms with Crippen LogP contribution in [0.3, 0.4) is 0 Å². The molecule has 220 valence electrons. The van der Waals surface area contributed by atoms with Crippen LogP contribution < -0.4 is 17.0 Å². The van der Waals surface area contributed by atoms with Crippen LogP contribution in [0.15, 0.2) is 23.6 Å². The van der Waals surface area contributed by atoms with Gasteiger partial charge in [-0.05, 0) is 11.8 Å². The van der Waals surface area contributed by atoms with Gasteiger partial charge >= 0.3 is 0 Å². The third kappa shape index (κ3) is 4.56. The Morgan fingerprint density at radius 3 is 2.71 bits per heavy atom. The van der Waals surface area contributed by atoms with Crippen molar-refractivity contribution in [2.45, 2.75) is 48.6 Å². The topological polar surface area (TPSA) is 247 Å². The fourth-order valence-corrected chi connectivity index (χ4v) is 7.43. The molecule has 6 rings (SSSR count). The van der Waals surface area contributed by atoms with Crippen molar-refractivity contribution in [3.8, 4) is 0 Å². The number of hydrogen-bond donors (Lipinski definition) is 6. The number of nitrogens with two attached hydrogens (primary N) is 2. The lowest BCUT2D eigenvalue weighted by atomic mass is 10.1. The first-order chi connectivity index (χ1) is 19.5. The van der Waals surface area contributed by atoms with E-state index in [1.807, 2.05) is 0 Å². The van der Waals surface area contributed by atoms with Gasteiger partial charge in [-0.25, -0.2) is 28.2 Å². The zero-order valence-electron chi connectivity index (χ0n) is 20.6. The zero-order valence-corrected chi connectivity index (χ0v) is 22.3. The Bertz CT molecular complexity index is 1720. The van der Waals surface area contributed by atoms with Crippen LogP contribution in [0.4, 0.5) is 20.5 Å². The quantitative estimate of drug-likeness (QED) is 0.129. The zero-order chi connectivity index (χ0) is 29.2. The highest BCUT2D eigenvalue weighted by Crippen LogP contribution is 2.58. The summed E-state index contributed by atoms with van der Waals surface area (Å²) in [7, 11) is 0. The maximum absolute atomic E-state index is 15.5. The fourth-order valence-electron chi connectivity index (χ4n) is 4.97. The second kappa shape index (κ2) is 10.2. The number of aromatic nitrogens is 8. The second-order valence-corrected chi connectivity index (χ2v) is 13.0. The number of alkyl halides is 2. The predicted octanol–water partition coefficient (Wildman–Crippen LogP) is -1.52. The van der Waals surface area contributed by atoms with Crippen LogP contribution >= 0.6 is 6.49 Å². The minimum atomic E-state index is -4.21.